The molecule has 0 spiro atoms. The van der Waals surface area contributed by atoms with Crippen LogP contribution in [0.4, 0.5) is 0 Å². The molecule has 0 N–H and O–H groups in total. The van der Waals surface area contributed by atoms with Crippen LogP contribution in [-0.2, 0) is 16.1 Å². The molecule has 2 fully saturated rings. The first-order chi connectivity index (χ1) is 12.8. The van der Waals surface area contributed by atoms with Gasteiger partial charge in [0, 0.05) is 37.9 Å². The predicted molar refractivity (Wildman–Crippen MR) is 99.0 cm³/mol. The molecule has 2 aliphatic rings. The van der Waals surface area contributed by atoms with Crippen LogP contribution in [0.5, 0.6) is 0 Å². The van der Waals surface area contributed by atoms with Crippen molar-refractivity contribution in [2.24, 2.45) is 5.92 Å². The van der Waals surface area contributed by atoms with Gasteiger partial charge < -0.3 is 9.64 Å². The van der Waals surface area contributed by atoms with Gasteiger partial charge in [0.15, 0.2) is 0 Å². The molecule has 0 bridgehead atoms. The maximum Gasteiger partial charge on any atom is 0.227 e. The van der Waals surface area contributed by atoms with Gasteiger partial charge in [-0.05, 0) is 31.5 Å². The van der Waals surface area contributed by atoms with E-state index in [1.807, 2.05) is 34.0 Å². The van der Waals surface area contributed by atoms with Crippen molar-refractivity contribution in [1.29, 1.82) is 0 Å². The summed E-state index contributed by atoms with van der Waals surface area (Å²) in [7, 11) is 0. The Morgan fingerprint density at radius 3 is 2.77 bits per heavy atom. The molecule has 1 aromatic heterocycles. The summed E-state index contributed by atoms with van der Waals surface area (Å²) in [5, 5.41) is 4.48. The Bertz CT molecular complexity index is 724. The third kappa shape index (κ3) is 3.97. The molecule has 4 rings (SSSR count). The zero-order valence-corrected chi connectivity index (χ0v) is 15.1. The topological polar surface area (TPSA) is 50.6 Å². The first-order valence-electron chi connectivity index (χ1n) is 9.47. The van der Waals surface area contributed by atoms with Gasteiger partial charge in [-0.25, -0.2) is 4.68 Å². The summed E-state index contributed by atoms with van der Waals surface area (Å²) in [6.45, 7) is 5.54. The number of aromatic nitrogens is 2. The minimum absolute atomic E-state index is 0.117. The van der Waals surface area contributed by atoms with Crippen molar-refractivity contribution in [3.63, 3.8) is 0 Å². The van der Waals surface area contributed by atoms with Crippen LogP contribution < -0.4 is 0 Å². The Balaban J connectivity index is 1.36. The number of hydrogen-bond acceptors (Lipinski definition) is 4. The normalized spacial score (nSPS) is 21.7. The standard InChI is InChI=1S/C20H26N4O2/c25-20(23-9-11-26-12-10-23)18-5-4-8-22(16-18)14-17-13-21-24(15-17)19-6-2-1-3-7-19/h1-3,6-7,13,15,18H,4-5,8-12,14,16H2. The number of piperidine rings is 1. The third-order valence-electron chi connectivity index (χ3n) is 5.24. The number of hydrogen-bond donors (Lipinski definition) is 0. The Morgan fingerprint density at radius 2 is 1.96 bits per heavy atom. The van der Waals surface area contributed by atoms with Crippen LogP contribution in [0, 0.1) is 5.92 Å². The zero-order chi connectivity index (χ0) is 17.8. The average Bonchev–Trinajstić information content (AvgIpc) is 3.17. The van der Waals surface area contributed by atoms with Crippen LogP contribution in [0.25, 0.3) is 5.69 Å². The van der Waals surface area contributed by atoms with Crippen LogP contribution in [0.1, 0.15) is 18.4 Å². The highest BCUT2D eigenvalue weighted by molar-refractivity contribution is 5.79. The van der Waals surface area contributed by atoms with E-state index in [0.717, 1.165) is 51.3 Å². The van der Waals surface area contributed by atoms with Gasteiger partial charge in [0.25, 0.3) is 0 Å². The minimum atomic E-state index is 0.117. The summed E-state index contributed by atoms with van der Waals surface area (Å²) >= 11 is 0. The summed E-state index contributed by atoms with van der Waals surface area (Å²) in [6, 6.07) is 10.1. The highest BCUT2D eigenvalue weighted by Gasteiger charge is 2.30. The molecular weight excluding hydrogens is 328 g/mol. The van der Waals surface area contributed by atoms with E-state index < -0.39 is 0 Å². The second kappa shape index (κ2) is 8.01. The summed E-state index contributed by atoms with van der Waals surface area (Å²) < 4.78 is 7.27. The van der Waals surface area contributed by atoms with Crippen molar-refractivity contribution in [2.45, 2.75) is 19.4 Å². The minimum Gasteiger partial charge on any atom is -0.378 e. The molecule has 26 heavy (non-hydrogen) atoms. The van der Waals surface area contributed by atoms with Crippen molar-refractivity contribution in [1.82, 2.24) is 19.6 Å². The number of morpholine rings is 1. The van der Waals surface area contributed by atoms with Crippen molar-refractivity contribution >= 4 is 5.91 Å². The Labute approximate surface area is 154 Å². The largest absolute Gasteiger partial charge is 0.378 e. The number of amides is 1. The van der Waals surface area contributed by atoms with E-state index in [0.29, 0.717) is 19.1 Å². The summed E-state index contributed by atoms with van der Waals surface area (Å²) in [5.74, 6) is 0.420. The molecule has 138 valence electrons. The van der Waals surface area contributed by atoms with Gasteiger partial charge >= 0.3 is 0 Å². The van der Waals surface area contributed by atoms with E-state index in [4.69, 9.17) is 4.74 Å². The van der Waals surface area contributed by atoms with E-state index in [1.54, 1.807) is 0 Å². The second-order valence-electron chi connectivity index (χ2n) is 7.14. The van der Waals surface area contributed by atoms with Gasteiger partial charge in [0.1, 0.15) is 0 Å². The van der Waals surface area contributed by atoms with E-state index in [1.165, 1.54) is 5.56 Å². The monoisotopic (exact) mass is 354 g/mol. The lowest BCUT2D eigenvalue weighted by Gasteiger charge is -2.36. The SMILES string of the molecule is O=C(C1CCCN(Cc2cnn(-c3ccccc3)c2)C1)N1CCOCC1. The van der Waals surface area contributed by atoms with Crippen LogP contribution in [0.2, 0.25) is 0 Å². The molecule has 6 nitrogen and oxygen atoms in total. The maximum atomic E-state index is 12.8. The van der Waals surface area contributed by atoms with E-state index >= 15 is 0 Å². The van der Waals surface area contributed by atoms with Crippen molar-refractivity contribution in [3.8, 4) is 5.69 Å². The second-order valence-corrected chi connectivity index (χ2v) is 7.14. The molecule has 0 radical (unpaired) electrons. The number of carbonyl (C=O) groups is 1. The number of rotatable bonds is 4. The molecular formula is C20H26N4O2. The van der Waals surface area contributed by atoms with Crippen molar-refractivity contribution in [2.75, 3.05) is 39.4 Å². The quantitative estimate of drug-likeness (QED) is 0.842. The number of carbonyl (C=O) groups excluding carboxylic acids is 1. The molecule has 1 unspecified atom stereocenters. The lowest BCUT2D eigenvalue weighted by atomic mass is 9.96. The predicted octanol–water partition coefficient (Wildman–Crippen LogP) is 1.94. The maximum absolute atomic E-state index is 12.8. The van der Waals surface area contributed by atoms with E-state index in [2.05, 4.69) is 28.3 Å². The fraction of sp³-hybridized carbons (Fsp3) is 0.500. The zero-order valence-electron chi connectivity index (χ0n) is 15.1. The molecule has 2 aliphatic heterocycles. The first-order valence-corrected chi connectivity index (χ1v) is 9.47. The van der Waals surface area contributed by atoms with Crippen LogP contribution in [0.15, 0.2) is 42.7 Å². The van der Waals surface area contributed by atoms with Gasteiger partial charge in [0.05, 0.1) is 31.0 Å². The first kappa shape index (κ1) is 17.2. The molecule has 2 aromatic rings. The highest BCUT2D eigenvalue weighted by Crippen LogP contribution is 2.21. The smallest absolute Gasteiger partial charge is 0.227 e. The number of benzene rings is 1. The molecule has 0 aliphatic carbocycles. The summed E-state index contributed by atoms with van der Waals surface area (Å²) in [4.78, 5) is 17.1. The van der Waals surface area contributed by atoms with Crippen molar-refractivity contribution in [3.05, 3.63) is 48.3 Å². The number of likely N-dealkylation sites (tertiary alicyclic amines) is 1. The Kier molecular flexibility index (Phi) is 5.32. The van der Waals surface area contributed by atoms with Gasteiger partial charge in [0.2, 0.25) is 5.91 Å². The van der Waals surface area contributed by atoms with Crippen LogP contribution in [0.3, 0.4) is 0 Å². The lowest BCUT2D eigenvalue weighted by Crippen LogP contribution is -2.48. The molecule has 1 aromatic carbocycles. The number of nitrogens with zero attached hydrogens (tertiary/aromatic N) is 4. The fourth-order valence-electron chi connectivity index (χ4n) is 3.86. The number of para-hydroxylation sites is 1. The lowest BCUT2D eigenvalue weighted by molar-refractivity contribution is -0.141. The third-order valence-corrected chi connectivity index (χ3v) is 5.24. The average molecular weight is 354 g/mol. The van der Waals surface area contributed by atoms with Gasteiger partial charge in [-0.2, -0.15) is 5.10 Å². The molecule has 0 saturated carbocycles. The summed E-state index contributed by atoms with van der Waals surface area (Å²) in [6.07, 6.45) is 6.09. The number of ether oxygens (including phenoxy) is 1. The molecule has 3 heterocycles. The van der Waals surface area contributed by atoms with Crippen LogP contribution >= 0.6 is 0 Å². The molecule has 1 amide bonds. The van der Waals surface area contributed by atoms with Gasteiger partial charge in [-0.3, -0.25) is 9.69 Å². The molecule has 6 heteroatoms. The molecule has 1 atom stereocenters. The van der Waals surface area contributed by atoms with Gasteiger partial charge in [-0.15, -0.1) is 0 Å². The van der Waals surface area contributed by atoms with E-state index in [-0.39, 0.29) is 5.92 Å². The van der Waals surface area contributed by atoms with Crippen LogP contribution in [-0.4, -0.2) is 64.9 Å². The fourth-order valence-corrected chi connectivity index (χ4v) is 3.86. The Morgan fingerprint density at radius 1 is 1.15 bits per heavy atom. The van der Waals surface area contributed by atoms with E-state index in [9.17, 15) is 4.79 Å². The van der Waals surface area contributed by atoms with Crippen molar-refractivity contribution < 1.29 is 9.53 Å². The Hall–Kier alpha value is -2.18. The summed E-state index contributed by atoms with van der Waals surface area (Å²) in [5.41, 5.74) is 2.26. The molecule has 2 saturated heterocycles. The van der Waals surface area contributed by atoms with Gasteiger partial charge in [-0.1, -0.05) is 18.2 Å². The highest BCUT2D eigenvalue weighted by atomic mass is 16.5.